The zero-order chi connectivity index (χ0) is 9.36. The second kappa shape index (κ2) is 6.43. The van der Waals surface area contributed by atoms with Crippen LogP contribution < -0.4 is 0 Å². The smallest absolute Gasteiger partial charge is 0.0434 e. The van der Waals surface area contributed by atoms with Gasteiger partial charge >= 0.3 is 0 Å². The molecule has 2 rings (SSSR count). The normalized spacial score (nSPS) is 8.69. The molecule has 0 aromatic carbocycles. The first-order valence-electron chi connectivity index (χ1n) is 3.96. The number of hydrogen-bond donors (Lipinski definition) is 1. The summed E-state index contributed by atoms with van der Waals surface area (Å²) >= 11 is 3.31. The molecule has 0 aliphatic rings. The van der Waals surface area contributed by atoms with Gasteiger partial charge in [-0.2, -0.15) is 0 Å². The zero-order valence-electron chi connectivity index (χ0n) is 7.15. The van der Waals surface area contributed by atoms with Gasteiger partial charge < -0.3 is 4.98 Å². The molecule has 0 aliphatic heterocycles. The summed E-state index contributed by atoms with van der Waals surface area (Å²) in [4.78, 5) is 6.82. The second-order valence-electron chi connectivity index (χ2n) is 2.35. The highest BCUT2D eigenvalue weighted by Crippen LogP contribution is 1.98. The lowest BCUT2D eigenvalue weighted by atomic mass is 10.5. The van der Waals surface area contributed by atoms with E-state index in [0.717, 1.165) is 5.33 Å². The first kappa shape index (κ1) is 9.99. The maximum Gasteiger partial charge on any atom is 0.0434 e. The molecule has 2 heterocycles. The van der Waals surface area contributed by atoms with Crippen molar-refractivity contribution >= 4 is 15.9 Å². The molecule has 1 N–H and O–H groups in total. The van der Waals surface area contributed by atoms with Crippen molar-refractivity contribution in [1.29, 1.82) is 0 Å². The Morgan fingerprint density at radius 1 is 1.15 bits per heavy atom. The Balaban J connectivity index is 0.000000132. The van der Waals surface area contributed by atoms with Gasteiger partial charge in [-0.3, -0.25) is 4.98 Å². The van der Waals surface area contributed by atoms with E-state index >= 15 is 0 Å². The molecule has 3 heteroatoms. The van der Waals surface area contributed by atoms with Gasteiger partial charge in [0.25, 0.3) is 0 Å². The Kier molecular flexibility index (Phi) is 4.94. The Morgan fingerprint density at radius 2 is 1.92 bits per heavy atom. The van der Waals surface area contributed by atoms with E-state index in [1.54, 1.807) is 12.4 Å². The number of halogens is 1. The van der Waals surface area contributed by atoms with Crippen LogP contribution in [-0.2, 0) is 5.33 Å². The van der Waals surface area contributed by atoms with Crippen LogP contribution in [0.1, 0.15) is 5.69 Å². The largest absolute Gasteiger partial charge is 0.364 e. The molecule has 68 valence electrons. The fraction of sp³-hybridized carbons (Fsp3) is 0.100. The lowest BCUT2D eigenvalue weighted by Gasteiger charge is -1.79. The lowest BCUT2D eigenvalue weighted by molar-refractivity contribution is 1.25. The molecule has 2 nitrogen and oxygen atoms in total. The van der Waals surface area contributed by atoms with E-state index < -0.39 is 0 Å². The second-order valence-corrected chi connectivity index (χ2v) is 2.91. The van der Waals surface area contributed by atoms with E-state index in [9.17, 15) is 0 Å². The van der Waals surface area contributed by atoms with Gasteiger partial charge in [-0.25, -0.2) is 0 Å². The predicted octanol–water partition coefficient (Wildman–Crippen LogP) is 2.99. The average Bonchev–Trinajstić information content (AvgIpc) is 2.74. The summed E-state index contributed by atoms with van der Waals surface area (Å²) in [6.45, 7) is 0. The molecule has 0 unspecified atom stereocenters. The summed E-state index contributed by atoms with van der Waals surface area (Å²) in [5, 5.41) is 0.917. The van der Waals surface area contributed by atoms with Gasteiger partial charge in [0.2, 0.25) is 0 Å². The van der Waals surface area contributed by atoms with E-state index in [-0.39, 0.29) is 0 Å². The van der Waals surface area contributed by atoms with Crippen LogP contribution in [0.2, 0.25) is 0 Å². The lowest BCUT2D eigenvalue weighted by Crippen LogP contribution is -1.69. The van der Waals surface area contributed by atoms with Crippen LogP contribution in [0.5, 0.6) is 0 Å². The van der Waals surface area contributed by atoms with E-state index in [2.05, 4.69) is 25.9 Å². The summed E-state index contributed by atoms with van der Waals surface area (Å²) in [5.74, 6) is 0. The highest BCUT2D eigenvalue weighted by molar-refractivity contribution is 9.08. The molecular weight excluding hydrogens is 228 g/mol. The number of aromatic amines is 1. The molecule has 0 atom stereocenters. The number of hydrogen-bond acceptors (Lipinski definition) is 1. The van der Waals surface area contributed by atoms with Gasteiger partial charge in [-0.15, -0.1) is 0 Å². The Labute approximate surface area is 86.2 Å². The molecule has 0 radical (unpaired) electrons. The highest BCUT2D eigenvalue weighted by Gasteiger charge is 1.82. The van der Waals surface area contributed by atoms with E-state index in [1.807, 2.05) is 36.5 Å². The van der Waals surface area contributed by atoms with Crippen molar-refractivity contribution in [1.82, 2.24) is 9.97 Å². The molecule has 0 fully saturated rings. The number of H-pyrrole nitrogens is 1. The van der Waals surface area contributed by atoms with Gasteiger partial charge in [-0.05, 0) is 24.3 Å². The number of nitrogens with zero attached hydrogens (tertiary/aromatic N) is 1. The van der Waals surface area contributed by atoms with Crippen molar-refractivity contribution in [3.05, 3.63) is 54.6 Å². The molecule has 0 aliphatic carbocycles. The highest BCUT2D eigenvalue weighted by atomic mass is 79.9. The van der Waals surface area contributed by atoms with Gasteiger partial charge in [0, 0.05) is 29.6 Å². The monoisotopic (exact) mass is 238 g/mol. The molecule has 0 saturated heterocycles. The Morgan fingerprint density at radius 3 is 2.15 bits per heavy atom. The number of alkyl halides is 1. The zero-order valence-corrected chi connectivity index (χ0v) is 8.74. The average molecular weight is 239 g/mol. The Hall–Kier alpha value is -1.09. The molecule has 0 saturated carbocycles. The molecule has 0 spiro atoms. The third kappa shape index (κ3) is 4.48. The topological polar surface area (TPSA) is 28.7 Å². The van der Waals surface area contributed by atoms with Crippen LogP contribution in [0.4, 0.5) is 0 Å². The van der Waals surface area contributed by atoms with Crippen LogP contribution in [0.25, 0.3) is 0 Å². The van der Waals surface area contributed by atoms with Crippen LogP contribution >= 0.6 is 15.9 Å². The van der Waals surface area contributed by atoms with Crippen molar-refractivity contribution < 1.29 is 0 Å². The molecule has 2 aromatic heterocycles. The summed E-state index contributed by atoms with van der Waals surface area (Å²) in [7, 11) is 0. The summed E-state index contributed by atoms with van der Waals surface area (Å²) in [6, 6.07) is 9.73. The minimum Gasteiger partial charge on any atom is -0.364 e. The van der Waals surface area contributed by atoms with Crippen molar-refractivity contribution in [3.63, 3.8) is 0 Å². The third-order valence-electron chi connectivity index (χ3n) is 1.37. The SMILES string of the molecule is BrCc1ccc[nH]1.c1ccncc1. The van der Waals surface area contributed by atoms with Crippen LogP contribution in [0.3, 0.4) is 0 Å². The van der Waals surface area contributed by atoms with E-state index in [1.165, 1.54) is 5.69 Å². The van der Waals surface area contributed by atoms with Gasteiger partial charge in [-0.1, -0.05) is 22.0 Å². The van der Waals surface area contributed by atoms with E-state index in [0.29, 0.717) is 0 Å². The predicted molar refractivity (Wildman–Crippen MR) is 57.7 cm³/mol. The first-order chi connectivity index (χ1) is 6.43. The van der Waals surface area contributed by atoms with Crippen LogP contribution in [-0.4, -0.2) is 9.97 Å². The first-order valence-corrected chi connectivity index (χ1v) is 5.09. The standard InChI is InChI=1S/C5H6BrN.C5H5N/c6-4-5-2-1-3-7-5;1-2-4-6-5-3-1/h1-3,7H,4H2;1-5H. The van der Waals surface area contributed by atoms with Gasteiger partial charge in [0.15, 0.2) is 0 Å². The fourth-order valence-corrected chi connectivity index (χ4v) is 1.11. The van der Waals surface area contributed by atoms with Crippen molar-refractivity contribution in [2.45, 2.75) is 5.33 Å². The summed E-state index contributed by atoms with van der Waals surface area (Å²) in [5.41, 5.74) is 1.22. The number of rotatable bonds is 1. The minimum atomic E-state index is 0.917. The summed E-state index contributed by atoms with van der Waals surface area (Å²) < 4.78 is 0. The third-order valence-corrected chi connectivity index (χ3v) is 1.98. The van der Waals surface area contributed by atoms with Crippen LogP contribution in [0, 0.1) is 0 Å². The van der Waals surface area contributed by atoms with Gasteiger partial charge in [0.05, 0.1) is 0 Å². The Bertz CT molecular complexity index is 265. The number of nitrogens with one attached hydrogen (secondary N) is 1. The molecule has 0 amide bonds. The van der Waals surface area contributed by atoms with E-state index in [4.69, 9.17) is 0 Å². The number of pyridine rings is 1. The minimum absolute atomic E-state index is 0.917. The fourth-order valence-electron chi connectivity index (χ4n) is 0.763. The van der Waals surface area contributed by atoms with Crippen LogP contribution in [0.15, 0.2) is 48.9 Å². The summed E-state index contributed by atoms with van der Waals surface area (Å²) in [6.07, 6.45) is 5.41. The van der Waals surface area contributed by atoms with Gasteiger partial charge in [0.1, 0.15) is 0 Å². The molecular formula is C10H11BrN2. The molecule has 2 aromatic rings. The van der Waals surface area contributed by atoms with Crippen molar-refractivity contribution in [3.8, 4) is 0 Å². The number of aromatic nitrogens is 2. The molecule has 0 bridgehead atoms. The maximum atomic E-state index is 3.78. The molecule has 13 heavy (non-hydrogen) atoms. The maximum absolute atomic E-state index is 3.78. The van der Waals surface area contributed by atoms with Crippen molar-refractivity contribution in [2.24, 2.45) is 0 Å². The quantitative estimate of drug-likeness (QED) is 0.761. The van der Waals surface area contributed by atoms with Crippen molar-refractivity contribution in [2.75, 3.05) is 0 Å².